The van der Waals surface area contributed by atoms with Crippen LogP contribution in [-0.2, 0) is 11.3 Å². The molecule has 3 aromatic rings. The van der Waals surface area contributed by atoms with Gasteiger partial charge in [-0.25, -0.2) is 0 Å². The van der Waals surface area contributed by atoms with Crippen LogP contribution >= 0.6 is 0 Å². The summed E-state index contributed by atoms with van der Waals surface area (Å²) in [5.74, 6) is 0.956. The second-order valence-corrected chi connectivity index (χ2v) is 6.97. The van der Waals surface area contributed by atoms with Crippen molar-refractivity contribution in [1.82, 2.24) is 10.6 Å². The minimum absolute atomic E-state index is 0.00222. The highest BCUT2D eigenvalue weighted by molar-refractivity contribution is 5.97. The first-order valence-corrected chi connectivity index (χ1v) is 9.87. The molecule has 6 heteroatoms. The molecule has 0 aromatic heterocycles. The monoisotopic (exact) mass is 411 g/mol. The largest absolute Gasteiger partial charge is 0.454 e. The predicted octanol–water partition coefficient (Wildman–Crippen LogP) is 3.82. The van der Waals surface area contributed by atoms with Crippen molar-refractivity contribution in [2.24, 2.45) is 0 Å². The molecule has 2 N–H and O–H groups in total. The zero-order chi connectivity index (χ0) is 21.5. The highest BCUT2D eigenvalue weighted by Crippen LogP contribution is 2.32. The second kappa shape index (κ2) is 9.51. The van der Waals surface area contributed by atoms with Gasteiger partial charge in [-0.1, -0.05) is 66.7 Å². The van der Waals surface area contributed by atoms with Gasteiger partial charge in [0.15, 0.2) is 11.5 Å². The average molecular weight is 411 g/mol. The van der Waals surface area contributed by atoms with Gasteiger partial charge in [0.1, 0.15) is 11.6 Å². The Balaban J connectivity index is 1.46. The highest BCUT2D eigenvalue weighted by Gasteiger charge is 2.19. The minimum atomic E-state index is -0.446. The standard InChI is InChI=1S/C25H21N3O3/c26-14-21(16-27-15-18-11-12-22-23(13-18)31-17-30-22)25(29)28-24(19-7-3-1-4-8-19)20-9-5-2-6-10-20/h1-13,16,24,27H,15,17H2,(H,28,29)/b21-16-. The van der Waals surface area contributed by atoms with E-state index in [1.807, 2.05) is 84.9 Å². The van der Waals surface area contributed by atoms with Crippen LogP contribution in [0.1, 0.15) is 22.7 Å². The summed E-state index contributed by atoms with van der Waals surface area (Å²) >= 11 is 0. The van der Waals surface area contributed by atoms with E-state index in [0.29, 0.717) is 18.0 Å². The molecule has 3 aromatic carbocycles. The molecule has 1 aliphatic heterocycles. The van der Waals surface area contributed by atoms with E-state index in [1.165, 1.54) is 6.20 Å². The van der Waals surface area contributed by atoms with Crippen LogP contribution in [0.25, 0.3) is 0 Å². The van der Waals surface area contributed by atoms with Crippen LogP contribution in [0.3, 0.4) is 0 Å². The third-order valence-corrected chi connectivity index (χ3v) is 4.90. The summed E-state index contributed by atoms with van der Waals surface area (Å²) in [6.45, 7) is 0.658. The first kappa shape index (κ1) is 20.0. The third-order valence-electron chi connectivity index (χ3n) is 4.90. The van der Waals surface area contributed by atoms with Crippen molar-refractivity contribution in [1.29, 1.82) is 5.26 Å². The lowest BCUT2D eigenvalue weighted by Crippen LogP contribution is -2.30. The molecule has 31 heavy (non-hydrogen) atoms. The van der Waals surface area contributed by atoms with Crippen molar-refractivity contribution in [3.63, 3.8) is 0 Å². The van der Waals surface area contributed by atoms with Crippen molar-refractivity contribution in [3.05, 3.63) is 107 Å². The Labute approximate surface area is 180 Å². The van der Waals surface area contributed by atoms with Gasteiger partial charge in [-0.15, -0.1) is 0 Å². The predicted molar refractivity (Wildman–Crippen MR) is 116 cm³/mol. The molecule has 0 radical (unpaired) electrons. The van der Waals surface area contributed by atoms with E-state index >= 15 is 0 Å². The normalized spacial score (nSPS) is 12.3. The minimum Gasteiger partial charge on any atom is -0.454 e. The Kier molecular flexibility index (Phi) is 6.15. The molecule has 0 aliphatic carbocycles. The van der Waals surface area contributed by atoms with Crippen LogP contribution < -0.4 is 20.1 Å². The van der Waals surface area contributed by atoms with Crippen LogP contribution in [0.15, 0.2) is 90.6 Å². The van der Waals surface area contributed by atoms with Crippen molar-refractivity contribution in [2.75, 3.05) is 6.79 Å². The number of nitrogens with zero attached hydrogens (tertiary/aromatic N) is 1. The van der Waals surface area contributed by atoms with Crippen LogP contribution in [0.2, 0.25) is 0 Å². The van der Waals surface area contributed by atoms with Gasteiger partial charge in [-0.05, 0) is 28.8 Å². The first-order valence-electron chi connectivity index (χ1n) is 9.87. The van der Waals surface area contributed by atoms with Crippen LogP contribution in [0, 0.1) is 11.3 Å². The maximum absolute atomic E-state index is 12.8. The van der Waals surface area contributed by atoms with E-state index in [0.717, 1.165) is 16.7 Å². The van der Waals surface area contributed by atoms with Gasteiger partial charge < -0.3 is 20.1 Å². The second-order valence-electron chi connectivity index (χ2n) is 6.97. The van der Waals surface area contributed by atoms with E-state index in [9.17, 15) is 10.1 Å². The van der Waals surface area contributed by atoms with Gasteiger partial charge in [-0.3, -0.25) is 4.79 Å². The quantitative estimate of drug-likeness (QED) is 0.456. The number of carbonyl (C=O) groups is 1. The molecule has 6 nitrogen and oxygen atoms in total. The summed E-state index contributed by atoms with van der Waals surface area (Å²) in [5, 5.41) is 15.5. The van der Waals surface area contributed by atoms with E-state index in [1.54, 1.807) is 0 Å². The number of amides is 1. The molecule has 1 amide bonds. The molecule has 0 spiro atoms. The fourth-order valence-corrected chi connectivity index (χ4v) is 3.33. The highest BCUT2D eigenvalue weighted by atomic mass is 16.7. The van der Waals surface area contributed by atoms with Crippen LogP contribution in [-0.4, -0.2) is 12.7 Å². The van der Waals surface area contributed by atoms with Gasteiger partial charge in [0.25, 0.3) is 5.91 Å². The van der Waals surface area contributed by atoms with Gasteiger partial charge in [0, 0.05) is 12.7 Å². The molecule has 0 bridgehead atoms. The van der Waals surface area contributed by atoms with E-state index in [4.69, 9.17) is 9.47 Å². The Morgan fingerprint density at radius 3 is 2.26 bits per heavy atom. The van der Waals surface area contributed by atoms with Gasteiger partial charge in [0.2, 0.25) is 6.79 Å². The molecular formula is C25H21N3O3. The summed E-state index contributed by atoms with van der Waals surface area (Å²) in [5.41, 5.74) is 2.82. The number of nitrogens with one attached hydrogen (secondary N) is 2. The maximum atomic E-state index is 12.8. The lowest BCUT2D eigenvalue weighted by molar-refractivity contribution is -0.117. The van der Waals surface area contributed by atoms with Crippen molar-refractivity contribution in [2.45, 2.75) is 12.6 Å². The Hall–Kier alpha value is -4.24. The van der Waals surface area contributed by atoms with Crippen molar-refractivity contribution in [3.8, 4) is 17.6 Å². The van der Waals surface area contributed by atoms with Gasteiger partial charge >= 0.3 is 0 Å². The fourth-order valence-electron chi connectivity index (χ4n) is 3.33. The van der Waals surface area contributed by atoms with Crippen LogP contribution in [0.4, 0.5) is 0 Å². The lowest BCUT2D eigenvalue weighted by atomic mass is 9.98. The number of hydrogen-bond acceptors (Lipinski definition) is 5. The number of benzene rings is 3. The Bertz CT molecular complexity index is 1080. The molecule has 4 rings (SSSR count). The number of nitriles is 1. The van der Waals surface area contributed by atoms with E-state index < -0.39 is 5.91 Å². The molecule has 0 saturated heterocycles. The van der Waals surface area contributed by atoms with E-state index in [-0.39, 0.29) is 18.4 Å². The molecule has 0 fully saturated rings. The Morgan fingerprint density at radius 1 is 0.968 bits per heavy atom. The summed E-state index contributed by atoms with van der Waals surface area (Å²) in [6, 6.07) is 26.6. The maximum Gasteiger partial charge on any atom is 0.264 e. The summed E-state index contributed by atoms with van der Waals surface area (Å²) in [4.78, 5) is 12.8. The molecule has 1 aliphatic rings. The van der Waals surface area contributed by atoms with Crippen molar-refractivity contribution < 1.29 is 14.3 Å². The Morgan fingerprint density at radius 2 is 1.61 bits per heavy atom. The lowest BCUT2D eigenvalue weighted by Gasteiger charge is -2.19. The van der Waals surface area contributed by atoms with Crippen molar-refractivity contribution >= 4 is 5.91 Å². The number of carbonyl (C=O) groups excluding carboxylic acids is 1. The SMILES string of the molecule is N#C/C(=C/NCc1ccc2c(c1)OCO2)C(=O)NC(c1ccccc1)c1ccccc1. The third kappa shape index (κ3) is 4.85. The molecule has 0 saturated carbocycles. The molecular weight excluding hydrogens is 390 g/mol. The number of fused-ring (bicyclic) bond motifs is 1. The van der Waals surface area contributed by atoms with Crippen LogP contribution in [0.5, 0.6) is 11.5 Å². The molecule has 154 valence electrons. The van der Waals surface area contributed by atoms with Gasteiger partial charge in [-0.2, -0.15) is 5.26 Å². The zero-order valence-corrected chi connectivity index (χ0v) is 16.7. The summed E-state index contributed by atoms with van der Waals surface area (Å²) < 4.78 is 10.7. The number of rotatable bonds is 7. The van der Waals surface area contributed by atoms with E-state index in [2.05, 4.69) is 10.6 Å². The molecule has 1 heterocycles. The smallest absolute Gasteiger partial charge is 0.264 e. The summed E-state index contributed by atoms with van der Waals surface area (Å²) in [6.07, 6.45) is 1.44. The fraction of sp³-hybridized carbons (Fsp3) is 0.120. The van der Waals surface area contributed by atoms with Gasteiger partial charge in [0.05, 0.1) is 6.04 Å². The number of hydrogen-bond donors (Lipinski definition) is 2. The zero-order valence-electron chi connectivity index (χ0n) is 16.7. The number of ether oxygens (including phenoxy) is 2. The molecule has 0 unspecified atom stereocenters. The molecule has 0 atom stereocenters. The first-order chi connectivity index (χ1) is 15.2. The topological polar surface area (TPSA) is 83.4 Å². The summed E-state index contributed by atoms with van der Waals surface area (Å²) in [7, 11) is 0. The average Bonchev–Trinajstić information content (AvgIpc) is 3.29.